The van der Waals surface area contributed by atoms with Crippen LogP contribution in [0.5, 0.6) is 0 Å². The zero-order valence-corrected chi connectivity index (χ0v) is 8.38. The third-order valence-electron chi connectivity index (χ3n) is 3.25. The lowest BCUT2D eigenvalue weighted by Gasteiger charge is -2.36. The first-order valence-corrected chi connectivity index (χ1v) is 5.43. The molecule has 2 rings (SSSR count). The molecule has 1 saturated heterocycles. The van der Waals surface area contributed by atoms with Crippen LogP contribution in [-0.2, 0) is 4.79 Å². The number of amides is 1. The molecule has 1 heterocycles. The molecule has 2 fully saturated rings. The minimum absolute atomic E-state index is 0.0290. The topological polar surface area (TPSA) is 61.4 Å². The molecule has 14 heavy (non-hydrogen) atoms. The molecule has 1 atom stereocenters. The van der Waals surface area contributed by atoms with Gasteiger partial charge in [0.2, 0.25) is 5.91 Å². The molecule has 1 aliphatic heterocycles. The molecule has 0 spiro atoms. The van der Waals surface area contributed by atoms with Crippen molar-refractivity contribution in [2.75, 3.05) is 13.1 Å². The molecule has 1 aliphatic carbocycles. The van der Waals surface area contributed by atoms with Crippen molar-refractivity contribution in [3.8, 4) is 0 Å². The molecule has 3 N–H and O–H groups in total. The highest BCUT2D eigenvalue weighted by Gasteiger charge is 2.35. The quantitative estimate of drug-likeness (QED) is 0.587. The van der Waals surface area contributed by atoms with Crippen molar-refractivity contribution in [3.05, 3.63) is 0 Å². The molecule has 0 aromatic carbocycles. The SMILES string of the molecule is O=C(NCC1(O)CCC1)[C@H]1CCCN1. The molecular formula is C10H18N2O2. The summed E-state index contributed by atoms with van der Waals surface area (Å²) in [4.78, 5) is 11.5. The second-order valence-electron chi connectivity index (χ2n) is 4.44. The number of aliphatic hydroxyl groups is 1. The average Bonchev–Trinajstić information content (AvgIpc) is 2.63. The Labute approximate surface area is 84.1 Å². The van der Waals surface area contributed by atoms with Gasteiger partial charge in [-0.05, 0) is 38.6 Å². The molecule has 1 saturated carbocycles. The number of rotatable bonds is 3. The van der Waals surface area contributed by atoms with Crippen molar-refractivity contribution in [1.82, 2.24) is 10.6 Å². The third kappa shape index (κ3) is 2.07. The van der Waals surface area contributed by atoms with Crippen LogP contribution in [0, 0.1) is 0 Å². The Balaban J connectivity index is 1.71. The van der Waals surface area contributed by atoms with Gasteiger partial charge in [0.15, 0.2) is 0 Å². The summed E-state index contributed by atoms with van der Waals surface area (Å²) in [5.74, 6) is 0.0443. The molecule has 2 aliphatic rings. The Morgan fingerprint density at radius 3 is 2.79 bits per heavy atom. The van der Waals surface area contributed by atoms with Crippen LogP contribution < -0.4 is 10.6 Å². The molecule has 1 amide bonds. The molecule has 0 bridgehead atoms. The molecule has 4 nitrogen and oxygen atoms in total. The van der Waals surface area contributed by atoms with Gasteiger partial charge in [0.25, 0.3) is 0 Å². The fourth-order valence-electron chi connectivity index (χ4n) is 2.04. The van der Waals surface area contributed by atoms with E-state index in [4.69, 9.17) is 0 Å². The fourth-order valence-corrected chi connectivity index (χ4v) is 2.04. The minimum Gasteiger partial charge on any atom is -0.388 e. The molecule has 80 valence electrons. The van der Waals surface area contributed by atoms with Gasteiger partial charge >= 0.3 is 0 Å². The fraction of sp³-hybridized carbons (Fsp3) is 0.900. The van der Waals surface area contributed by atoms with Crippen molar-refractivity contribution in [1.29, 1.82) is 0 Å². The lowest BCUT2D eigenvalue weighted by molar-refractivity contribution is -0.125. The molecule has 0 aromatic rings. The lowest BCUT2D eigenvalue weighted by Crippen LogP contribution is -2.51. The second-order valence-corrected chi connectivity index (χ2v) is 4.44. The maximum absolute atomic E-state index is 11.5. The van der Waals surface area contributed by atoms with Gasteiger partial charge in [-0.3, -0.25) is 4.79 Å². The zero-order chi connectivity index (χ0) is 10.0. The van der Waals surface area contributed by atoms with Gasteiger partial charge in [-0.2, -0.15) is 0 Å². The van der Waals surface area contributed by atoms with Crippen molar-refractivity contribution in [2.24, 2.45) is 0 Å². The van der Waals surface area contributed by atoms with Crippen LogP contribution in [-0.4, -0.2) is 35.7 Å². The van der Waals surface area contributed by atoms with Crippen LogP contribution in [0.1, 0.15) is 32.1 Å². The normalized spacial score (nSPS) is 29.6. The maximum Gasteiger partial charge on any atom is 0.237 e. The van der Waals surface area contributed by atoms with Gasteiger partial charge < -0.3 is 15.7 Å². The first-order valence-electron chi connectivity index (χ1n) is 5.43. The summed E-state index contributed by atoms with van der Waals surface area (Å²) < 4.78 is 0. The Morgan fingerprint density at radius 2 is 2.29 bits per heavy atom. The Hall–Kier alpha value is -0.610. The standard InChI is InChI=1S/C10H18N2O2/c13-9(8-3-1-6-11-8)12-7-10(14)4-2-5-10/h8,11,14H,1-7H2,(H,12,13)/t8-/m1/s1. The number of hydrogen-bond acceptors (Lipinski definition) is 3. The smallest absolute Gasteiger partial charge is 0.237 e. The van der Waals surface area contributed by atoms with Crippen LogP contribution in [0.15, 0.2) is 0 Å². The van der Waals surface area contributed by atoms with E-state index >= 15 is 0 Å². The van der Waals surface area contributed by atoms with E-state index in [-0.39, 0.29) is 11.9 Å². The van der Waals surface area contributed by atoms with Crippen molar-refractivity contribution in [3.63, 3.8) is 0 Å². The summed E-state index contributed by atoms with van der Waals surface area (Å²) in [5, 5.41) is 15.7. The Morgan fingerprint density at radius 1 is 1.50 bits per heavy atom. The summed E-state index contributed by atoms with van der Waals surface area (Å²) in [6, 6.07) is -0.0290. The van der Waals surface area contributed by atoms with Gasteiger partial charge in [0, 0.05) is 6.54 Å². The van der Waals surface area contributed by atoms with Crippen molar-refractivity contribution in [2.45, 2.75) is 43.7 Å². The van der Waals surface area contributed by atoms with E-state index in [1.165, 1.54) is 0 Å². The molecular weight excluding hydrogens is 180 g/mol. The first-order chi connectivity index (χ1) is 6.70. The van der Waals surface area contributed by atoms with Gasteiger partial charge in [-0.1, -0.05) is 0 Å². The monoisotopic (exact) mass is 198 g/mol. The predicted molar refractivity (Wildman–Crippen MR) is 52.8 cm³/mol. The summed E-state index contributed by atoms with van der Waals surface area (Å²) in [6.45, 7) is 1.35. The average molecular weight is 198 g/mol. The number of hydrogen-bond donors (Lipinski definition) is 3. The molecule has 0 radical (unpaired) electrons. The minimum atomic E-state index is -0.603. The number of carbonyl (C=O) groups is 1. The highest BCUT2D eigenvalue weighted by Crippen LogP contribution is 2.30. The number of carbonyl (C=O) groups excluding carboxylic acids is 1. The molecule has 0 aromatic heterocycles. The lowest BCUT2D eigenvalue weighted by atomic mass is 9.80. The van der Waals surface area contributed by atoms with Crippen LogP contribution in [0.2, 0.25) is 0 Å². The summed E-state index contributed by atoms with van der Waals surface area (Å²) in [5.41, 5.74) is -0.603. The van der Waals surface area contributed by atoms with E-state index in [0.717, 1.165) is 38.6 Å². The highest BCUT2D eigenvalue weighted by molar-refractivity contribution is 5.82. The van der Waals surface area contributed by atoms with Crippen LogP contribution >= 0.6 is 0 Å². The van der Waals surface area contributed by atoms with E-state index in [0.29, 0.717) is 6.54 Å². The third-order valence-corrected chi connectivity index (χ3v) is 3.25. The second kappa shape index (κ2) is 3.87. The van der Waals surface area contributed by atoms with Gasteiger partial charge in [0.1, 0.15) is 0 Å². The predicted octanol–water partition coefficient (Wildman–Crippen LogP) is -0.230. The van der Waals surface area contributed by atoms with Crippen molar-refractivity contribution < 1.29 is 9.90 Å². The van der Waals surface area contributed by atoms with Crippen LogP contribution in [0.4, 0.5) is 0 Å². The first kappa shape index (κ1) is 9.93. The maximum atomic E-state index is 11.5. The molecule has 0 unspecified atom stereocenters. The molecule has 4 heteroatoms. The highest BCUT2D eigenvalue weighted by atomic mass is 16.3. The van der Waals surface area contributed by atoms with E-state index in [2.05, 4.69) is 10.6 Å². The summed E-state index contributed by atoms with van der Waals surface area (Å²) in [7, 11) is 0. The zero-order valence-electron chi connectivity index (χ0n) is 8.38. The van der Waals surface area contributed by atoms with E-state index < -0.39 is 5.60 Å². The van der Waals surface area contributed by atoms with Gasteiger partial charge in [-0.15, -0.1) is 0 Å². The van der Waals surface area contributed by atoms with Gasteiger partial charge in [0.05, 0.1) is 11.6 Å². The van der Waals surface area contributed by atoms with E-state index in [1.54, 1.807) is 0 Å². The van der Waals surface area contributed by atoms with Gasteiger partial charge in [-0.25, -0.2) is 0 Å². The van der Waals surface area contributed by atoms with E-state index in [1.807, 2.05) is 0 Å². The Kier molecular flexibility index (Phi) is 2.74. The van der Waals surface area contributed by atoms with E-state index in [9.17, 15) is 9.90 Å². The van der Waals surface area contributed by atoms with Crippen molar-refractivity contribution >= 4 is 5.91 Å². The summed E-state index contributed by atoms with van der Waals surface area (Å²) >= 11 is 0. The Bertz CT molecular complexity index is 220. The summed E-state index contributed by atoms with van der Waals surface area (Å²) in [6.07, 6.45) is 4.72. The number of nitrogens with one attached hydrogen (secondary N) is 2. The van der Waals surface area contributed by atoms with Crippen LogP contribution in [0.3, 0.4) is 0 Å². The largest absolute Gasteiger partial charge is 0.388 e. The van der Waals surface area contributed by atoms with Crippen LogP contribution in [0.25, 0.3) is 0 Å².